The van der Waals surface area contributed by atoms with E-state index in [2.05, 4.69) is 6.92 Å². The lowest BCUT2D eigenvalue weighted by atomic mass is 10.0. The van der Waals surface area contributed by atoms with Crippen molar-refractivity contribution in [2.45, 2.75) is 5.92 Å². The molecule has 1 aromatic rings. The molecule has 0 aromatic heterocycles. The van der Waals surface area contributed by atoms with Gasteiger partial charge in [0.15, 0.2) is 0 Å². The summed E-state index contributed by atoms with van der Waals surface area (Å²) in [6, 6.07) is 4.21. The molecule has 0 heterocycles. The van der Waals surface area contributed by atoms with Gasteiger partial charge in [0, 0.05) is 10.9 Å². The molecule has 12 heavy (non-hydrogen) atoms. The number of hydrogen-bond acceptors (Lipinski definition) is 1. The van der Waals surface area contributed by atoms with Crippen molar-refractivity contribution in [1.82, 2.24) is 0 Å². The highest BCUT2D eigenvalue weighted by atomic mass is 35.5. The molecule has 1 rings (SSSR count). The normalized spacial score (nSPS) is 13.0. The Morgan fingerprint density at radius 2 is 2.25 bits per heavy atom. The predicted molar refractivity (Wildman–Crippen MR) is 46.6 cm³/mol. The van der Waals surface area contributed by atoms with Gasteiger partial charge < -0.3 is 5.11 Å². The summed E-state index contributed by atoms with van der Waals surface area (Å²) in [5.41, 5.74) is 0.352. The molecular formula is C9H9ClFO. The first-order valence-corrected chi connectivity index (χ1v) is 3.92. The zero-order valence-electron chi connectivity index (χ0n) is 6.43. The van der Waals surface area contributed by atoms with Gasteiger partial charge in [0.05, 0.1) is 6.61 Å². The van der Waals surface area contributed by atoms with Gasteiger partial charge in [-0.1, -0.05) is 11.6 Å². The van der Waals surface area contributed by atoms with Crippen LogP contribution in [0.3, 0.4) is 0 Å². The van der Waals surface area contributed by atoms with Crippen LogP contribution < -0.4 is 0 Å². The Bertz CT molecular complexity index is 275. The van der Waals surface area contributed by atoms with E-state index in [1.165, 1.54) is 18.2 Å². The molecule has 65 valence electrons. The molecule has 1 N–H and O–H groups in total. The van der Waals surface area contributed by atoms with E-state index < -0.39 is 5.92 Å². The summed E-state index contributed by atoms with van der Waals surface area (Å²) in [5.74, 6) is -0.836. The first kappa shape index (κ1) is 9.49. The first-order chi connectivity index (χ1) is 5.65. The van der Waals surface area contributed by atoms with Crippen LogP contribution in [0.4, 0.5) is 4.39 Å². The Kier molecular flexibility index (Phi) is 3.06. The molecule has 0 bridgehead atoms. The topological polar surface area (TPSA) is 20.2 Å². The number of benzene rings is 1. The van der Waals surface area contributed by atoms with Gasteiger partial charge in [0.2, 0.25) is 0 Å². The van der Waals surface area contributed by atoms with E-state index in [0.717, 1.165) is 0 Å². The van der Waals surface area contributed by atoms with Crippen LogP contribution in [0.2, 0.25) is 5.02 Å². The molecule has 0 aliphatic carbocycles. The third-order valence-corrected chi connectivity index (χ3v) is 1.85. The van der Waals surface area contributed by atoms with Crippen LogP contribution in [0.25, 0.3) is 0 Å². The molecule has 1 aromatic carbocycles. The van der Waals surface area contributed by atoms with Crippen molar-refractivity contribution in [3.05, 3.63) is 41.5 Å². The Balaban J connectivity index is 3.04. The zero-order chi connectivity index (χ0) is 9.14. The number of halogens is 2. The van der Waals surface area contributed by atoms with Crippen molar-refractivity contribution in [3.63, 3.8) is 0 Å². The summed E-state index contributed by atoms with van der Waals surface area (Å²) in [6.07, 6.45) is 0. The summed E-state index contributed by atoms with van der Waals surface area (Å²) >= 11 is 5.64. The highest BCUT2D eigenvalue weighted by Crippen LogP contribution is 2.21. The molecular weight excluding hydrogens is 179 g/mol. The van der Waals surface area contributed by atoms with Gasteiger partial charge in [-0.05, 0) is 30.7 Å². The van der Waals surface area contributed by atoms with E-state index in [1.807, 2.05) is 0 Å². The summed E-state index contributed by atoms with van der Waals surface area (Å²) < 4.78 is 13.0. The van der Waals surface area contributed by atoms with Crippen LogP contribution in [0.15, 0.2) is 18.2 Å². The van der Waals surface area contributed by atoms with Crippen LogP contribution in [0.5, 0.6) is 0 Å². The number of aliphatic hydroxyl groups excluding tert-OH is 1. The second kappa shape index (κ2) is 3.87. The predicted octanol–water partition coefficient (Wildman–Crippen LogP) is 2.39. The molecule has 0 amide bonds. The van der Waals surface area contributed by atoms with Crippen LogP contribution in [0, 0.1) is 12.7 Å². The molecule has 1 unspecified atom stereocenters. The Morgan fingerprint density at radius 1 is 1.58 bits per heavy atom. The number of aliphatic hydroxyl groups is 1. The maximum absolute atomic E-state index is 13.0. The molecule has 1 radical (unpaired) electrons. The fraction of sp³-hybridized carbons (Fsp3) is 0.222. The van der Waals surface area contributed by atoms with Crippen LogP contribution in [0.1, 0.15) is 11.5 Å². The molecule has 1 atom stereocenters. The highest BCUT2D eigenvalue weighted by Gasteiger charge is 2.09. The lowest BCUT2D eigenvalue weighted by Crippen LogP contribution is -2.01. The van der Waals surface area contributed by atoms with E-state index in [4.69, 9.17) is 16.7 Å². The zero-order valence-corrected chi connectivity index (χ0v) is 7.18. The maximum atomic E-state index is 13.0. The molecule has 0 saturated heterocycles. The monoisotopic (exact) mass is 187 g/mol. The SMILES string of the molecule is [CH2]C(CO)c1cc(Cl)ccc1F. The summed E-state index contributed by atoms with van der Waals surface area (Å²) in [6.45, 7) is 3.40. The minimum Gasteiger partial charge on any atom is -0.396 e. The van der Waals surface area contributed by atoms with Crippen molar-refractivity contribution in [3.8, 4) is 0 Å². The molecule has 1 nitrogen and oxygen atoms in total. The molecule has 0 aliphatic rings. The van der Waals surface area contributed by atoms with Crippen LogP contribution in [-0.4, -0.2) is 11.7 Å². The second-order valence-electron chi connectivity index (χ2n) is 2.55. The fourth-order valence-corrected chi connectivity index (χ4v) is 1.11. The van der Waals surface area contributed by atoms with Gasteiger partial charge in [-0.15, -0.1) is 0 Å². The van der Waals surface area contributed by atoms with E-state index >= 15 is 0 Å². The van der Waals surface area contributed by atoms with E-state index in [0.29, 0.717) is 10.6 Å². The minimum absolute atomic E-state index is 0.183. The minimum atomic E-state index is -0.455. The Labute approximate surface area is 75.8 Å². The Hall–Kier alpha value is -0.600. The fourth-order valence-electron chi connectivity index (χ4n) is 0.926. The average molecular weight is 188 g/mol. The van der Waals surface area contributed by atoms with Crippen molar-refractivity contribution in [2.24, 2.45) is 0 Å². The van der Waals surface area contributed by atoms with Gasteiger partial charge >= 0.3 is 0 Å². The highest BCUT2D eigenvalue weighted by molar-refractivity contribution is 6.30. The summed E-state index contributed by atoms with van der Waals surface area (Å²) in [4.78, 5) is 0. The smallest absolute Gasteiger partial charge is 0.126 e. The van der Waals surface area contributed by atoms with Crippen molar-refractivity contribution in [1.29, 1.82) is 0 Å². The van der Waals surface area contributed by atoms with Gasteiger partial charge in [-0.25, -0.2) is 4.39 Å². The van der Waals surface area contributed by atoms with E-state index in [-0.39, 0.29) is 12.4 Å². The van der Waals surface area contributed by atoms with Gasteiger partial charge in [-0.3, -0.25) is 0 Å². The molecule has 0 spiro atoms. The van der Waals surface area contributed by atoms with Crippen molar-refractivity contribution >= 4 is 11.6 Å². The summed E-state index contributed by atoms with van der Waals surface area (Å²) in [5, 5.41) is 9.18. The molecule has 0 aliphatic heterocycles. The number of hydrogen-bond donors (Lipinski definition) is 1. The number of rotatable bonds is 2. The lowest BCUT2D eigenvalue weighted by Gasteiger charge is -2.08. The lowest BCUT2D eigenvalue weighted by molar-refractivity contribution is 0.280. The Morgan fingerprint density at radius 3 is 2.83 bits per heavy atom. The first-order valence-electron chi connectivity index (χ1n) is 3.54. The second-order valence-corrected chi connectivity index (χ2v) is 2.98. The van der Waals surface area contributed by atoms with Gasteiger partial charge in [0.25, 0.3) is 0 Å². The third kappa shape index (κ3) is 1.96. The van der Waals surface area contributed by atoms with Crippen LogP contribution >= 0.6 is 11.6 Å². The molecule has 3 heteroatoms. The quantitative estimate of drug-likeness (QED) is 0.754. The van der Waals surface area contributed by atoms with Crippen LogP contribution in [-0.2, 0) is 0 Å². The third-order valence-electron chi connectivity index (χ3n) is 1.62. The van der Waals surface area contributed by atoms with E-state index in [9.17, 15) is 4.39 Å². The van der Waals surface area contributed by atoms with Crippen molar-refractivity contribution < 1.29 is 9.50 Å². The largest absolute Gasteiger partial charge is 0.396 e. The molecule has 0 fully saturated rings. The molecule has 0 saturated carbocycles. The standard InChI is InChI=1S/C9H9ClFO/c1-6(5-12)8-4-7(10)2-3-9(8)11/h2-4,6,12H,1,5H2. The maximum Gasteiger partial charge on any atom is 0.126 e. The van der Waals surface area contributed by atoms with E-state index in [1.54, 1.807) is 0 Å². The average Bonchev–Trinajstić information content (AvgIpc) is 2.08. The van der Waals surface area contributed by atoms with Crippen molar-refractivity contribution in [2.75, 3.05) is 6.61 Å². The van der Waals surface area contributed by atoms with Gasteiger partial charge in [0.1, 0.15) is 5.82 Å². The van der Waals surface area contributed by atoms with Gasteiger partial charge in [-0.2, -0.15) is 0 Å². The summed E-state index contributed by atoms with van der Waals surface area (Å²) in [7, 11) is 0.